The molecule has 0 fully saturated rings. The molecule has 0 unspecified atom stereocenters. The molecule has 80 heavy (non-hydrogen) atoms. The van der Waals surface area contributed by atoms with E-state index in [0.29, 0.717) is 12.2 Å². The van der Waals surface area contributed by atoms with Crippen LogP contribution in [-0.4, -0.2) is 16.9 Å². The van der Waals surface area contributed by atoms with Gasteiger partial charge < -0.3 is 0 Å². The van der Waals surface area contributed by atoms with E-state index in [1.165, 1.54) is 0 Å². The molecule has 0 saturated heterocycles. The smallest absolute Gasteiger partial charge is 0.282 e. The largest absolute Gasteiger partial charge is 0.416 e. The molecule has 1 aromatic heterocycles. The van der Waals surface area contributed by atoms with E-state index in [-0.39, 0.29) is 5.78 Å². The summed E-state index contributed by atoms with van der Waals surface area (Å²) < 4.78 is 343. The molecular weight excluding hydrogens is 1140 g/mol. The lowest BCUT2D eigenvalue weighted by atomic mass is 9.12. The number of ketones is 1. The van der Waals surface area contributed by atoms with Crippen molar-refractivity contribution in [3.8, 4) is 0 Å². The van der Waals surface area contributed by atoms with Crippen LogP contribution in [0.4, 0.5) is 105 Å². The first-order chi connectivity index (χ1) is 36.6. The Bertz CT molecular complexity index is 2930. The zero-order valence-electron chi connectivity index (χ0n) is 39.2. The van der Waals surface area contributed by atoms with Crippen molar-refractivity contribution in [2.45, 2.75) is 56.0 Å². The minimum absolute atomic E-state index is 0.0575. The van der Waals surface area contributed by atoms with E-state index >= 15 is 0 Å². The predicted octanol–water partition coefficient (Wildman–Crippen LogP) is 14.5. The molecule has 0 aliphatic rings. The Morgan fingerprint density at radius 2 is 0.675 bits per heavy atom. The van der Waals surface area contributed by atoms with Crippen molar-refractivity contribution in [2.75, 3.05) is 0 Å². The number of rotatable bonds is 9. The zero-order chi connectivity index (χ0) is 59.8. The molecule has 6 aromatic carbocycles. The average molecular weight is 1160 g/mol. The molecule has 0 bridgehead atoms. The first-order valence-electron chi connectivity index (χ1n) is 22.1. The maximum Gasteiger partial charge on any atom is 0.416 e. The first kappa shape index (κ1) is 61.4. The molecule has 7 rings (SSSR count). The van der Waals surface area contributed by atoms with Crippen LogP contribution in [0.15, 0.2) is 158 Å². The highest BCUT2D eigenvalue weighted by atomic mass is 19.4. The van der Waals surface area contributed by atoms with Gasteiger partial charge in [0.15, 0.2) is 12.7 Å². The van der Waals surface area contributed by atoms with Crippen LogP contribution in [0.3, 0.4) is 0 Å². The maximum atomic E-state index is 14.2. The monoisotopic (exact) mass is 1160 g/mol. The summed E-state index contributed by atoms with van der Waals surface area (Å²) in [6, 6.07) is 11.0. The van der Waals surface area contributed by atoms with Crippen LogP contribution in [-0.2, 0) is 56.0 Å². The third-order valence-corrected chi connectivity index (χ3v) is 12.0. The van der Waals surface area contributed by atoms with E-state index in [4.69, 9.17) is 0 Å². The molecule has 0 aliphatic carbocycles. The van der Waals surface area contributed by atoms with Crippen molar-refractivity contribution in [1.82, 2.24) is 4.98 Å². The Balaban J connectivity index is 0.000000370. The van der Waals surface area contributed by atoms with E-state index in [2.05, 4.69) is 4.98 Å². The van der Waals surface area contributed by atoms with E-state index in [9.17, 15) is 110 Å². The molecule has 0 radical (unpaired) electrons. The maximum absolute atomic E-state index is 14.2. The molecule has 0 saturated carbocycles. The summed E-state index contributed by atoms with van der Waals surface area (Å²) in [4.78, 5) is 16.6. The second-order valence-electron chi connectivity index (χ2n) is 17.4. The molecule has 0 spiro atoms. The average Bonchev–Trinajstić information content (AvgIpc) is 3.35. The lowest BCUT2D eigenvalue weighted by Crippen LogP contribution is -2.75. The lowest BCUT2D eigenvalue weighted by molar-refractivity contribution is -0.690. The molecule has 3 nitrogen and oxygen atoms in total. The normalized spacial score (nSPS) is 13.3. The molecule has 0 atom stereocenters. The van der Waals surface area contributed by atoms with Gasteiger partial charge in [-0.15, -0.1) is 0 Å². The van der Waals surface area contributed by atoms with Crippen LogP contribution < -0.4 is 26.4 Å². The van der Waals surface area contributed by atoms with Crippen molar-refractivity contribution in [2.24, 2.45) is 0 Å². The number of alkyl halides is 24. The van der Waals surface area contributed by atoms with E-state index < -0.39 is 195 Å². The number of benzene rings is 6. The highest BCUT2D eigenvalue weighted by molar-refractivity contribution is 7.20. The Hall–Kier alpha value is -7.81. The highest BCUT2D eigenvalue weighted by Gasteiger charge is 2.47. The third-order valence-electron chi connectivity index (χ3n) is 12.0. The van der Waals surface area contributed by atoms with Crippen LogP contribution >= 0.6 is 0 Å². The summed E-state index contributed by atoms with van der Waals surface area (Å²) in [7, 11) is 0. The molecule has 28 heteroatoms. The van der Waals surface area contributed by atoms with E-state index in [1.54, 1.807) is 18.5 Å². The van der Waals surface area contributed by atoms with Gasteiger partial charge in [0.05, 0.1) is 50.7 Å². The van der Waals surface area contributed by atoms with Gasteiger partial charge in [-0.2, -0.15) is 132 Å². The quantitative estimate of drug-likeness (QED) is 0.0475. The second kappa shape index (κ2) is 22.0. The van der Waals surface area contributed by atoms with Gasteiger partial charge in [0.2, 0.25) is 0 Å². The number of allylic oxidation sites excluding steroid dienone is 1. The third kappa shape index (κ3) is 14.5. The van der Waals surface area contributed by atoms with Crippen molar-refractivity contribution < 1.29 is 115 Å². The predicted molar refractivity (Wildman–Crippen MR) is 240 cm³/mol. The van der Waals surface area contributed by atoms with Crippen LogP contribution in [0.25, 0.3) is 6.08 Å². The van der Waals surface area contributed by atoms with Gasteiger partial charge in [-0.05, 0) is 35.9 Å². The number of aromatic nitrogens is 2. The minimum atomic E-state index is -6.13. The summed E-state index contributed by atoms with van der Waals surface area (Å²) in [5, 5.41) is 0. The number of halogens is 24. The summed E-state index contributed by atoms with van der Waals surface area (Å²) in [6.45, 7) is 0.642. The van der Waals surface area contributed by atoms with Crippen molar-refractivity contribution in [3.05, 3.63) is 219 Å². The number of hydrogen-bond acceptors (Lipinski definition) is 2. The summed E-state index contributed by atoms with van der Waals surface area (Å²) in [5.74, 6) is -0.0575. The number of nitrogens with zero attached hydrogens (tertiary/aromatic N) is 2. The van der Waals surface area contributed by atoms with Gasteiger partial charge >= 0.3 is 49.4 Å². The van der Waals surface area contributed by atoms with Crippen LogP contribution in [0.2, 0.25) is 0 Å². The van der Waals surface area contributed by atoms with Crippen molar-refractivity contribution in [3.63, 3.8) is 0 Å². The lowest BCUT2D eigenvalue weighted by Gasteiger charge is -2.46. The fourth-order valence-corrected chi connectivity index (χ4v) is 8.40. The highest BCUT2D eigenvalue weighted by Crippen LogP contribution is 2.41. The molecule has 424 valence electrons. The number of carbonyl (C=O) groups excluding carboxylic acids is 1. The van der Waals surface area contributed by atoms with Gasteiger partial charge in [-0.25, -0.2) is 0 Å². The number of hydrogen-bond donors (Lipinski definition) is 0. The zero-order valence-corrected chi connectivity index (χ0v) is 39.2. The Labute approximate surface area is 434 Å². The second-order valence-corrected chi connectivity index (χ2v) is 17.4. The standard InChI is InChI=1S/C32H12BF24.C20H17N2O/c34-25(35,36)13-1-14(26(37,38)39)6-21(5-13)33(22-7-15(27(40,41)42)2-16(8-22)28(43,44)45,23-9-17(29(46,47)48)3-18(10-23)30(49,50)51)24-11-19(31(52,53)54)4-20(12-24)32(55,56)57;23-20(12-11-17-7-3-1-4-8-17)19-15-21-13-14-22(19)16-18-9-5-2-6-10-18/h1-12H;1-15H,16H2/q-1;+1. The van der Waals surface area contributed by atoms with Crippen molar-refractivity contribution in [1.29, 1.82) is 0 Å². The minimum Gasteiger partial charge on any atom is -0.282 e. The Kier molecular flexibility index (Phi) is 16.9. The van der Waals surface area contributed by atoms with Crippen molar-refractivity contribution >= 4 is 39.9 Å². The molecule has 0 aliphatic heterocycles. The number of carbonyl (C=O) groups is 1. The van der Waals surface area contributed by atoms with Gasteiger partial charge in [0.1, 0.15) is 12.3 Å². The molecule has 0 N–H and O–H groups in total. The van der Waals surface area contributed by atoms with Crippen LogP contribution in [0.5, 0.6) is 0 Å². The van der Waals surface area contributed by atoms with Gasteiger partial charge in [0, 0.05) is 5.56 Å². The first-order valence-corrected chi connectivity index (χ1v) is 22.1. The van der Waals surface area contributed by atoms with Gasteiger partial charge in [-0.3, -0.25) is 9.78 Å². The summed E-state index contributed by atoms with van der Waals surface area (Å²) >= 11 is 0. The molecule has 7 aromatic rings. The Morgan fingerprint density at radius 3 is 0.950 bits per heavy atom. The Morgan fingerprint density at radius 1 is 0.400 bits per heavy atom. The topological polar surface area (TPSA) is 33.8 Å². The SMILES string of the molecule is FC(F)(F)c1cc([B-](c2cc(C(F)(F)F)cc(C(F)(F)F)c2)(c2cc(C(F)(F)F)cc(C(F)(F)F)c2)c2cc(C(F)(F)F)cc(C(F)(F)F)c2)cc(C(F)(F)F)c1.O=C(C=Cc1ccccc1)c1cncc[n+]1Cc1ccccc1. The fraction of sp³-hybridized carbons (Fsp3) is 0.173. The summed E-state index contributed by atoms with van der Waals surface area (Å²) in [5.41, 5.74) is -27.5. The van der Waals surface area contributed by atoms with Crippen LogP contribution in [0.1, 0.15) is 66.1 Å². The fourth-order valence-electron chi connectivity index (χ4n) is 8.40. The van der Waals surface area contributed by atoms with Crippen LogP contribution in [0, 0.1) is 0 Å². The molecular formula is C52H29BF24N2O. The molecule has 0 amide bonds. The van der Waals surface area contributed by atoms with E-state index in [0.717, 1.165) is 11.1 Å². The molecule has 1 heterocycles. The van der Waals surface area contributed by atoms with E-state index in [1.807, 2.05) is 77.5 Å². The van der Waals surface area contributed by atoms with Gasteiger partial charge in [-0.1, -0.05) is 115 Å². The van der Waals surface area contributed by atoms with Gasteiger partial charge in [0.25, 0.3) is 11.5 Å². The summed E-state index contributed by atoms with van der Waals surface area (Å²) in [6.07, 6.45) is -46.3.